The SMILES string of the molecule is N#Cc1ccc(Nc2ncc(-c3ccccc3N3CC3C3CCNCC3)cn2)cn1. The maximum atomic E-state index is 8.85. The molecule has 2 aromatic heterocycles. The average Bonchev–Trinajstić information content (AvgIpc) is 3.62. The first kappa shape index (κ1) is 18.5. The van der Waals surface area contributed by atoms with Crippen LogP contribution in [0.4, 0.5) is 17.3 Å². The molecule has 4 heterocycles. The fourth-order valence-electron chi connectivity index (χ4n) is 4.23. The summed E-state index contributed by atoms with van der Waals surface area (Å²) < 4.78 is 0. The zero-order chi connectivity index (χ0) is 20.3. The van der Waals surface area contributed by atoms with Crippen molar-refractivity contribution < 1.29 is 0 Å². The number of nitriles is 1. The summed E-state index contributed by atoms with van der Waals surface area (Å²) in [5.74, 6) is 1.28. The Balaban J connectivity index is 1.32. The summed E-state index contributed by atoms with van der Waals surface area (Å²) in [4.78, 5) is 15.5. The van der Waals surface area contributed by atoms with Crippen molar-refractivity contribution in [3.05, 3.63) is 60.7 Å². The van der Waals surface area contributed by atoms with E-state index in [2.05, 4.69) is 54.8 Å². The third kappa shape index (κ3) is 3.82. The zero-order valence-corrected chi connectivity index (χ0v) is 16.6. The molecule has 2 aliphatic rings. The largest absolute Gasteiger partial charge is 0.364 e. The van der Waals surface area contributed by atoms with Gasteiger partial charge in [0.05, 0.1) is 11.9 Å². The van der Waals surface area contributed by atoms with Crippen LogP contribution in [0, 0.1) is 17.2 Å². The number of nitrogens with zero attached hydrogens (tertiary/aromatic N) is 5. The highest BCUT2D eigenvalue weighted by Crippen LogP contribution is 2.41. The van der Waals surface area contributed by atoms with Crippen LogP contribution in [0.25, 0.3) is 11.1 Å². The lowest BCUT2D eigenvalue weighted by Crippen LogP contribution is -2.31. The van der Waals surface area contributed by atoms with E-state index in [0.717, 1.165) is 36.8 Å². The van der Waals surface area contributed by atoms with Crippen LogP contribution in [0.5, 0.6) is 0 Å². The molecule has 1 atom stereocenters. The van der Waals surface area contributed by atoms with Crippen molar-refractivity contribution in [3.63, 3.8) is 0 Å². The van der Waals surface area contributed by atoms with Crippen molar-refractivity contribution in [2.24, 2.45) is 5.92 Å². The predicted molar refractivity (Wildman–Crippen MR) is 116 cm³/mol. The van der Waals surface area contributed by atoms with E-state index < -0.39 is 0 Å². The highest BCUT2D eigenvalue weighted by Gasteiger charge is 2.41. The molecule has 0 saturated carbocycles. The lowest BCUT2D eigenvalue weighted by Gasteiger charge is -2.23. The maximum absolute atomic E-state index is 8.85. The first-order valence-electron chi connectivity index (χ1n) is 10.3. The smallest absolute Gasteiger partial charge is 0.227 e. The lowest BCUT2D eigenvalue weighted by atomic mass is 9.94. The van der Waals surface area contributed by atoms with Crippen molar-refractivity contribution in [3.8, 4) is 17.2 Å². The normalized spacial score (nSPS) is 18.6. The van der Waals surface area contributed by atoms with E-state index >= 15 is 0 Å². The summed E-state index contributed by atoms with van der Waals surface area (Å²) in [6.07, 6.45) is 7.84. The van der Waals surface area contributed by atoms with E-state index in [0.29, 0.717) is 17.7 Å². The molecule has 2 saturated heterocycles. The van der Waals surface area contributed by atoms with Gasteiger partial charge in [0.1, 0.15) is 11.8 Å². The van der Waals surface area contributed by atoms with Crippen LogP contribution < -0.4 is 15.5 Å². The average molecular weight is 397 g/mol. The van der Waals surface area contributed by atoms with E-state index in [1.165, 1.54) is 24.1 Å². The highest BCUT2D eigenvalue weighted by atomic mass is 15.3. The van der Waals surface area contributed by atoms with Crippen LogP contribution in [0.3, 0.4) is 0 Å². The number of hydrogen-bond donors (Lipinski definition) is 2. The highest BCUT2D eigenvalue weighted by molar-refractivity contribution is 5.80. The molecule has 0 spiro atoms. The zero-order valence-electron chi connectivity index (χ0n) is 16.6. The monoisotopic (exact) mass is 397 g/mol. The van der Waals surface area contributed by atoms with Gasteiger partial charge in [0.2, 0.25) is 5.95 Å². The number of benzene rings is 1. The fourth-order valence-corrected chi connectivity index (χ4v) is 4.23. The van der Waals surface area contributed by atoms with Crippen LogP contribution in [-0.4, -0.2) is 40.6 Å². The van der Waals surface area contributed by atoms with Gasteiger partial charge in [-0.25, -0.2) is 15.0 Å². The molecule has 1 unspecified atom stereocenters. The first-order chi connectivity index (χ1) is 14.8. The molecule has 7 heteroatoms. The molecule has 2 aliphatic heterocycles. The van der Waals surface area contributed by atoms with E-state index in [4.69, 9.17) is 5.26 Å². The van der Waals surface area contributed by atoms with Gasteiger partial charge < -0.3 is 15.5 Å². The van der Waals surface area contributed by atoms with Gasteiger partial charge in [-0.15, -0.1) is 0 Å². The van der Waals surface area contributed by atoms with E-state index in [-0.39, 0.29) is 0 Å². The van der Waals surface area contributed by atoms with Crippen LogP contribution in [-0.2, 0) is 0 Å². The molecule has 1 aromatic carbocycles. The second kappa shape index (κ2) is 8.09. The molecule has 0 aliphatic carbocycles. The van der Waals surface area contributed by atoms with Crippen molar-refractivity contribution in [1.29, 1.82) is 5.26 Å². The molecule has 3 aromatic rings. The minimum atomic E-state index is 0.381. The van der Waals surface area contributed by atoms with Gasteiger partial charge in [-0.1, -0.05) is 18.2 Å². The number of aromatic nitrogens is 3. The number of anilines is 3. The van der Waals surface area contributed by atoms with Gasteiger partial charge in [0, 0.05) is 41.8 Å². The Hall–Kier alpha value is -3.50. The second-order valence-electron chi connectivity index (χ2n) is 7.79. The predicted octanol–water partition coefficient (Wildman–Crippen LogP) is 3.34. The standard InChI is InChI=1S/C23H23N7/c24-11-18-5-6-19(14-26-18)29-23-27-12-17(13-28-23)20-3-1-2-4-21(20)30-15-22(30)16-7-9-25-10-8-16/h1-6,12-14,16,22,25H,7-10,15H2,(H,27,28,29). The molecular formula is C23H23N7. The molecule has 30 heavy (non-hydrogen) atoms. The van der Waals surface area contributed by atoms with Crippen LogP contribution in [0.15, 0.2) is 55.0 Å². The molecule has 0 bridgehead atoms. The van der Waals surface area contributed by atoms with Crippen LogP contribution in [0.1, 0.15) is 18.5 Å². The maximum Gasteiger partial charge on any atom is 0.227 e. The molecule has 2 fully saturated rings. The van der Waals surface area contributed by atoms with Crippen molar-refractivity contribution >= 4 is 17.3 Å². The summed E-state index contributed by atoms with van der Waals surface area (Å²) in [6, 6.07) is 14.6. The van der Waals surface area contributed by atoms with Crippen molar-refractivity contribution in [2.75, 3.05) is 29.9 Å². The Kier molecular flexibility index (Phi) is 4.99. The summed E-state index contributed by atoms with van der Waals surface area (Å²) in [5.41, 5.74) is 4.56. The molecule has 0 amide bonds. The number of para-hydroxylation sites is 1. The van der Waals surface area contributed by atoms with E-state index in [1.54, 1.807) is 18.3 Å². The molecule has 7 nitrogen and oxygen atoms in total. The lowest BCUT2D eigenvalue weighted by molar-refractivity contribution is 0.373. The molecule has 2 N–H and O–H groups in total. The number of pyridine rings is 1. The van der Waals surface area contributed by atoms with Gasteiger partial charge in [-0.2, -0.15) is 5.26 Å². The van der Waals surface area contributed by atoms with Crippen LogP contribution in [0.2, 0.25) is 0 Å². The summed E-state index contributed by atoms with van der Waals surface area (Å²) in [5, 5.41) is 15.4. The Labute approximate surface area is 175 Å². The van der Waals surface area contributed by atoms with E-state index in [1.807, 2.05) is 18.5 Å². The van der Waals surface area contributed by atoms with Gasteiger partial charge in [0.25, 0.3) is 0 Å². The summed E-state index contributed by atoms with van der Waals surface area (Å²) in [6.45, 7) is 3.40. The van der Waals surface area contributed by atoms with Crippen LogP contribution >= 0.6 is 0 Å². The Morgan fingerprint density at radius 3 is 2.53 bits per heavy atom. The fraction of sp³-hybridized carbons (Fsp3) is 0.304. The molecule has 150 valence electrons. The van der Waals surface area contributed by atoms with Gasteiger partial charge in [0.15, 0.2) is 0 Å². The van der Waals surface area contributed by atoms with Crippen molar-refractivity contribution in [2.45, 2.75) is 18.9 Å². The minimum Gasteiger partial charge on any atom is -0.364 e. The molecule has 0 radical (unpaired) electrons. The van der Waals surface area contributed by atoms with Gasteiger partial charge in [-0.05, 0) is 50.0 Å². The number of nitrogens with one attached hydrogen (secondary N) is 2. The van der Waals surface area contributed by atoms with Gasteiger partial charge in [-0.3, -0.25) is 0 Å². The number of hydrogen-bond acceptors (Lipinski definition) is 7. The third-order valence-electron chi connectivity index (χ3n) is 5.89. The number of piperidine rings is 1. The third-order valence-corrected chi connectivity index (χ3v) is 5.89. The van der Waals surface area contributed by atoms with Crippen molar-refractivity contribution in [1.82, 2.24) is 20.3 Å². The minimum absolute atomic E-state index is 0.381. The quantitative estimate of drug-likeness (QED) is 0.638. The number of rotatable bonds is 5. The van der Waals surface area contributed by atoms with Gasteiger partial charge >= 0.3 is 0 Å². The first-order valence-corrected chi connectivity index (χ1v) is 10.3. The molecular weight excluding hydrogens is 374 g/mol. The Bertz CT molecular complexity index is 1050. The Morgan fingerprint density at radius 1 is 1.00 bits per heavy atom. The van der Waals surface area contributed by atoms with E-state index in [9.17, 15) is 0 Å². The summed E-state index contributed by atoms with van der Waals surface area (Å²) >= 11 is 0. The topological polar surface area (TPSA) is 89.5 Å². The molecule has 5 rings (SSSR count). The Morgan fingerprint density at radius 2 is 1.80 bits per heavy atom. The summed E-state index contributed by atoms with van der Waals surface area (Å²) in [7, 11) is 0. The second-order valence-corrected chi connectivity index (χ2v) is 7.79.